The Kier molecular flexibility index (Phi) is 4.37. The van der Waals surface area contributed by atoms with Crippen LogP contribution in [0.15, 0.2) is 21.3 Å². The van der Waals surface area contributed by atoms with E-state index < -0.39 is 0 Å². The molecule has 2 aromatic heterocycles. The number of hydrogen-bond acceptors (Lipinski definition) is 4. The first kappa shape index (κ1) is 12.1. The number of rotatable bonds is 5. The van der Waals surface area contributed by atoms with E-state index in [4.69, 9.17) is 0 Å². The summed E-state index contributed by atoms with van der Waals surface area (Å²) in [5.74, 6) is 0. The van der Waals surface area contributed by atoms with Gasteiger partial charge in [-0.25, -0.2) is 4.98 Å². The Morgan fingerprint density at radius 3 is 2.94 bits per heavy atom. The van der Waals surface area contributed by atoms with Crippen LogP contribution in [0.25, 0.3) is 0 Å². The predicted molar refractivity (Wildman–Crippen MR) is 75.7 cm³/mol. The van der Waals surface area contributed by atoms with Gasteiger partial charge in [-0.1, -0.05) is 6.92 Å². The second kappa shape index (κ2) is 5.80. The molecular weight excluding hydrogens is 304 g/mol. The molecule has 0 aliphatic carbocycles. The topological polar surface area (TPSA) is 24.9 Å². The summed E-state index contributed by atoms with van der Waals surface area (Å²) in [5, 5.41) is 6.51. The highest BCUT2D eigenvalue weighted by Crippen LogP contribution is 2.22. The van der Waals surface area contributed by atoms with Crippen LogP contribution in [0.4, 0.5) is 5.13 Å². The first-order valence-electron chi connectivity index (χ1n) is 5.20. The third-order valence-electron chi connectivity index (χ3n) is 2.19. The number of aryl methyl sites for hydroxylation is 1. The summed E-state index contributed by atoms with van der Waals surface area (Å²) in [4.78, 5) is 5.86. The van der Waals surface area contributed by atoms with E-state index in [-0.39, 0.29) is 0 Å². The lowest BCUT2D eigenvalue weighted by Gasteiger charge is -2.00. The SMILES string of the molecule is CCc1csc(NCCc2ccc(Br)s2)n1. The minimum Gasteiger partial charge on any atom is -0.361 e. The van der Waals surface area contributed by atoms with Crippen LogP contribution in [0, 0.1) is 0 Å². The largest absolute Gasteiger partial charge is 0.361 e. The number of nitrogens with zero attached hydrogens (tertiary/aromatic N) is 1. The number of hydrogen-bond donors (Lipinski definition) is 1. The van der Waals surface area contributed by atoms with Crippen molar-refractivity contribution in [3.8, 4) is 0 Å². The summed E-state index contributed by atoms with van der Waals surface area (Å²) in [5.41, 5.74) is 1.17. The van der Waals surface area contributed by atoms with Crippen LogP contribution in [0.2, 0.25) is 0 Å². The van der Waals surface area contributed by atoms with Crippen molar-refractivity contribution in [3.05, 3.63) is 31.9 Å². The third kappa shape index (κ3) is 3.30. The normalized spacial score (nSPS) is 10.6. The lowest BCUT2D eigenvalue weighted by molar-refractivity contribution is 1.02. The van der Waals surface area contributed by atoms with Crippen molar-refractivity contribution in [2.75, 3.05) is 11.9 Å². The minimum atomic E-state index is 0.948. The van der Waals surface area contributed by atoms with Gasteiger partial charge >= 0.3 is 0 Å². The Bertz CT molecular complexity index is 450. The first-order valence-corrected chi connectivity index (χ1v) is 7.69. The van der Waals surface area contributed by atoms with Crippen LogP contribution < -0.4 is 5.32 Å². The van der Waals surface area contributed by atoms with Gasteiger partial charge in [0.25, 0.3) is 0 Å². The Hall–Kier alpha value is -0.390. The van der Waals surface area contributed by atoms with Crippen LogP contribution in [0.3, 0.4) is 0 Å². The van der Waals surface area contributed by atoms with Gasteiger partial charge in [0.2, 0.25) is 0 Å². The van der Waals surface area contributed by atoms with Gasteiger partial charge in [0.05, 0.1) is 9.48 Å². The Morgan fingerprint density at radius 2 is 2.31 bits per heavy atom. The van der Waals surface area contributed by atoms with Gasteiger partial charge in [-0.15, -0.1) is 22.7 Å². The van der Waals surface area contributed by atoms with Gasteiger partial charge in [-0.2, -0.15) is 0 Å². The molecule has 0 spiro atoms. The van der Waals surface area contributed by atoms with Gasteiger partial charge < -0.3 is 5.32 Å². The van der Waals surface area contributed by atoms with Crippen molar-refractivity contribution >= 4 is 43.7 Å². The summed E-state index contributed by atoms with van der Waals surface area (Å²) in [7, 11) is 0. The molecule has 2 heterocycles. The fourth-order valence-corrected chi connectivity index (χ4v) is 3.63. The summed E-state index contributed by atoms with van der Waals surface area (Å²) in [6.45, 7) is 3.08. The summed E-state index contributed by atoms with van der Waals surface area (Å²) < 4.78 is 1.20. The maximum Gasteiger partial charge on any atom is 0.182 e. The van der Waals surface area contributed by atoms with Crippen LogP contribution >= 0.6 is 38.6 Å². The van der Waals surface area contributed by atoms with Crippen molar-refractivity contribution in [1.29, 1.82) is 0 Å². The molecule has 0 atom stereocenters. The van der Waals surface area contributed by atoms with E-state index in [1.165, 1.54) is 14.4 Å². The summed E-state index contributed by atoms with van der Waals surface area (Å²) in [6.07, 6.45) is 2.06. The van der Waals surface area contributed by atoms with Crippen molar-refractivity contribution in [2.45, 2.75) is 19.8 Å². The second-order valence-electron chi connectivity index (χ2n) is 3.38. The molecule has 0 fully saturated rings. The zero-order chi connectivity index (χ0) is 11.4. The smallest absolute Gasteiger partial charge is 0.182 e. The highest BCUT2D eigenvalue weighted by Gasteiger charge is 2.00. The van der Waals surface area contributed by atoms with Gasteiger partial charge in [0, 0.05) is 16.8 Å². The number of halogens is 1. The maximum atomic E-state index is 4.47. The predicted octanol–water partition coefficient (Wildman–Crippen LogP) is 4.18. The molecule has 0 bridgehead atoms. The molecule has 0 aromatic carbocycles. The van der Waals surface area contributed by atoms with Crippen LogP contribution in [0.1, 0.15) is 17.5 Å². The monoisotopic (exact) mass is 316 g/mol. The molecular formula is C11H13BrN2S2. The quantitative estimate of drug-likeness (QED) is 0.894. The highest BCUT2D eigenvalue weighted by atomic mass is 79.9. The van der Waals surface area contributed by atoms with Gasteiger partial charge in [0.15, 0.2) is 5.13 Å². The Morgan fingerprint density at radius 1 is 1.44 bits per heavy atom. The molecule has 2 aromatic rings. The van der Waals surface area contributed by atoms with Gasteiger partial charge in [-0.05, 0) is 40.9 Å². The summed E-state index contributed by atoms with van der Waals surface area (Å²) >= 11 is 6.95. The number of aromatic nitrogens is 1. The standard InChI is InChI=1S/C11H13BrN2S2/c1-2-8-7-15-11(14-8)13-6-5-9-3-4-10(12)16-9/h3-4,7H,2,5-6H2,1H3,(H,13,14). The lowest BCUT2D eigenvalue weighted by Crippen LogP contribution is -2.03. The van der Waals surface area contributed by atoms with Crippen molar-refractivity contribution < 1.29 is 0 Å². The summed E-state index contributed by atoms with van der Waals surface area (Å²) in [6, 6.07) is 4.26. The molecule has 0 aliphatic heterocycles. The molecule has 0 unspecified atom stereocenters. The Balaban J connectivity index is 1.79. The van der Waals surface area contributed by atoms with Gasteiger partial charge in [-0.3, -0.25) is 0 Å². The number of anilines is 1. The van der Waals surface area contributed by atoms with Crippen LogP contribution in [-0.2, 0) is 12.8 Å². The van der Waals surface area contributed by atoms with Crippen molar-refractivity contribution in [3.63, 3.8) is 0 Å². The zero-order valence-electron chi connectivity index (χ0n) is 9.00. The first-order chi connectivity index (χ1) is 7.78. The van der Waals surface area contributed by atoms with E-state index in [9.17, 15) is 0 Å². The zero-order valence-corrected chi connectivity index (χ0v) is 12.2. The molecule has 0 radical (unpaired) electrons. The molecule has 86 valence electrons. The van der Waals surface area contributed by atoms with Crippen LogP contribution in [0.5, 0.6) is 0 Å². The molecule has 2 rings (SSSR count). The number of thiophene rings is 1. The average molecular weight is 317 g/mol. The number of nitrogens with one attached hydrogen (secondary N) is 1. The average Bonchev–Trinajstić information content (AvgIpc) is 2.88. The molecule has 0 saturated carbocycles. The molecule has 2 nitrogen and oxygen atoms in total. The molecule has 1 N–H and O–H groups in total. The highest BCUT2D eigenvalue weighted by molar-refractivity contribution is 9.11. The maximum absolute atomic E-state index is 4.47. The molecule has 0 amide bonds. The molecule has 5 heteroatoms. The van der Waals surface area contributed by atoms with Crippen molar-refractivity contribution in [2.24, 2.45) is 0 Å². The third-order valence-corrected chi connectivity index (χ3v) is 4.72. The van der Waals surface area contributed by atoms with E-state index in [0.717, 1.165) is 24.5 Å². The fraction of sp³-hybridized carbons (Fsp3) is 0.364. The van der Waals surface area contributed by atoms with E-state index in [1.54, 1.807) is 22.7 Å². The Labute approximate surface area is 112 Å². The fourth-order valence-electron chi connectivity index (χ4n) is 1.33. The number of thiazole rings is 1. The van der Waals surface area contributed by atoms with E-state index in [2.05, 4.69) is 50.7 Å². The van der Waals surface area contributed by atoms with E-state index in [1.807, 2.05) is 0 Å². The van der Waals surface area contributed by atoms with Crippen molar-refractivity contribution in [1.82, 2.24) is 4.98 Å². The second-order valence-corrected chi connectivity index (χ2v) is 6.79. The molecule has 0 saturated heterocycles. The lowest BCUT2D eigenvalue weighted by atomic mass is 10.3. The van der Waals surface area contributed by atoms with Crippen LogP contribution in [-0.4, -0.2) is 11.5 Å². The van der Waals surface area contributed by atoms with E-state index >= 15 is 0 Å². The van der Waals surface area contributed by atoms with E-state index in [0.29, 0.717) is 0 Å². The van der Waals surface area contributed by atoms with Gasteiger partial charge in [0.1, 0.15) is 0 Å². The minimum absolute atomic E-state index is 0.948. The molecule has 0 aliphatic rings. The molecule has 16 heavy (non-hydrogen) atoms.